The summed E-state index contributed by atoms with van der Waals surface area (Å²) in [5.74, 6) is 0.404. The van der Waals surface area contributed by atoms with Crippen molar-refractivity contribution in [1.29, 1.82) is 5.26 Å². The minimum absolute atomic E-state index is 0.0725. The lowest BCUT2D eigenvalue weighted by atomic mass is 10.0. The summed E-state index contributed by atoms with van der Waals surface area (Å²) in [6.45, 7) is 2.68. The third-order valence-electron chi connectivity index (χ3n) is 5.92. The predicted octanol–water partition coefficient (Wildman–Crippen LogP) is 2.97. The highest BCUT2D eigenvalue weighted by Crippen LogP contribution is 2.34. The van der Waals surface area contributed by atoms with E-state index >= 15 is 0 Å². The molecular weight excluding hydrogens is 385 g/mol. The van der Waals surface area contributed by atoms with Crippen LogP contribution in [-0.4, -0.2) is 45.4 Å². The van der Waals surface area contributed by atoms with Crippen LogP contribution in [0.5, 0.6) is 0 Å². The second kappa shape index (κ2) is 7.33. The zero-order valence-electron chi connectivity index (χ0n) is 16.6. The van der Waals surface area contributed by atoms with Gasteiger partial charge in [0, 0.05) is 24.5 Å². The van der Waals surface area contributed by atoms with Crippen molar-refractivity contribution in [2.24, 2.45) is 0 Å². The number of hydrogen-bond donors (Lipinski definition) is 1. The molecule has 1 saturated heterocycles. The molecule has 3 heterocycles. The Balaban J connectivity index is 1.64. The van der Waals surface area contributed by atoms with Crippen LogP contribution in [0.15, 0.2) is 24.4 Å². The smallest absolute Gasteiger partial charge is 0.227 e. The first kappa shape index (κ1) is 18.9. The molecule has 2 fully saturated rings. The molecule has 1 aliphatic heterocycles. The summed E-state index contributed by atoms with van der Waals surface area (Å²) < 4.78 is 21.1. The standard InChI is InChI=1S/C22H22FN5O2/c1-12-6-14(4-5-30-12)28-20(9-21(29)27-18-8-16(18)23)26-19-11-25-17-3-2-13(10-24)7-15(17)22(19)28/h2-3,7,11-12,14,16,18H,4-6,8-9H2,1H3,(H,27,29). The SMILES string of the molecule is CC1CC(n2c(CC(=O)NC3CC3F)nc3cnc4ccc(C#N)cc4c32)CCO1. The number of hydrogen-bond acceptors (Lipinski definition) is 5. The molecule has 2 aliphatic rings. The van der Waals surface area contributed by atoms with E-state index in [2.05, 4.69) is 20.9 Å². The number of aromatic nitrogens is 3. The first-order chi connectivity index (χ1) is 14.5. The number of nitriles is 1. The molecule has 1 N–H and O–H groups in total. The number of nitrogens with zero attached hydrogens (tertiary/aromatic N) is 4. The van der Waals surface area contributed by atoms with Crippen LogP contribution < -0.4 is 5.32 Å². The molecule has 2 aromatic heterocycles. The number of nitrogens with one attached hydrogen (secondary N) is 1. The van der Waals surface area contributed by atoms with Gasteiger partial charge < -0.3 is 14.6 Å². The van der Waals surface area contributed by atoms with Gasteiger partial charge in [0.2, 0.25) is 5.91 Å². The highest BCUT2D eigenvalue weighted by Gasteiger charge is 2.39. The van der Waals surface area contributed by atoms with Gasteiger partial charge in [0.15, 0.2) is 0 Å². The van der Waals surface area contributed by atoms with Crippen LogP contribution in [0, 0.1) is 11.3 Å². The van der Waals surface area contributed by atoms with Crippen LogP contribution in [0.2, 0.25) is 0 Å². The van der Waals surface area contributed by atoms with E-state index in [1.165, 1.54) is 0 Å². The van der Waals surface area contributed by atoms with E-state index in [9.17, 15) is 14.4 Å². The molecule has 4 unspecified atom stereocenters. The minimum Gasteiger partial charge on any atom is -0.378 e. The van der Waals surface area contributed by atoms with E-state index in [4.69, 9.17) is 9.72 Å². The van der Waals surface area contributed by atoms with Crippen LogP contribution in [-0.2, 0) is 16.0 Å². The summed E-state index contributed by atoms with van der Waals surface area (Å²) in [7, 11) is 0. The molecule has 5 rings (SSSR count). The topological polar surface area (TPSA) is 92.8 Å². The quantitative estimate of drug-likeness (QED) is 0.718. The summed E-state index contributed by atoms with van der Waals surface area (Å²) in [5, 5.41) is 12.9. The Morgan fingerprint density at radius 2 is 2.23 bits per heavy atom. The van der Waals surface area contributed by atoms with Crippen molar-refractivity contribution in [3.05, 3.63) is 35.8 Å². The number of carbonyl (C=O) groups is 1. The number of alkyl halides is 1. The number of ether oxygens (including phenoxy) is 1. The van der Waals surface area contributed by atoms with Gasteiger partial charge in [-0.15, -0.1) is 0 Å². The summed E-state index contributed by atoms with van der Waals surface area (Å²) >= 11 is 0. The van der Waals surface area contributed by atoms with E-state index < -0.39 is 6.17 Å². The minimum atomic E-state index is -0.943. The lowest BCUT2D eigenvalue weighted by Crippen LogP contribution is -2.31. The second-order valence-corrected chi connectivity index (χ2v) is 8.20. The number of amides is 1. The normalized spacial score (nSPS) is 25.9. The van der Waals surface area contributed by atoms with Crippen molar-refractivity contribution in [3.63, 3.8) is 0 Å². The fourth-order valence-electron chi connectivity index (χ4n) is 4.34. The van der Waals surface area contributed by atoms with Crippen LogP contribution in [0.1, 0.15) is 43.6 Å². The van der Waals surface area contributed by atoms with Gasteiger partial charge in [0.25, 0.3) is 0 Å². The van der Waals surface area contributed by atoms with E-state index in [-0.39, 0.29) is 30.5 Å². The summed E-state index contributed by atoms with van der Waals surface area (Å²) in [6, 6.07) is 7.33. The first-order valence-electron chi connectivity index (χ1n) is 10.3. The van der Waals surface area contributed by atoms with Gasteiger partial charge in [0.05, 0.1) is 47.4 Å². The average Bonchev–Trinajstić information content (AvgIpc) is 3.29. The van der Waals surface area contributed by atoms with Crippen molar-refractivity contribution < 1.29 is 13.9 Å². The van der Waals surface area contributed by atoms with Gasteiger partial charge >= 0.3 is 0 Å². The molecule has 3 aromatic rings. The monoisotopic (exact) mass is 407 g/mol. The van der Waals surface area contributed by atoms with Gasteiger partial charge in [0.1, 0.15) is 17.5 Å². The van der Waals surface area contributed by atoms with Gasteiger partial charge in [-0.1, -0.05) is 0 Å². The Morgan fingerprint density at radius 1 is 1.40 bits per heavy atom. The van der Waals surface area contributed by atoms with Crippen LogP contribution in [0.4, 0.5) is 4.39 Å². The van der Waals surface area contributed by atoms with E-state index in [1.54, 1.807) is 12.3 Å². The third-order valence-corrected chi connectivity index (χ3v) is 5.92. The Kier molecular flexibility index (Phi) is 4.63. The highest BCUT2D eigenvalue weighted by atomic mass is 19.1. The maximum atomic E-state index is 13.2. The summed E-state index contributed by atoms with van der Waals surface area (Å²) in [4.78, 5) is 21.7. The van der Waals surface area contributed by atoms with Crippen LogP contribution in [0.25, 0.3) is 21.9 Å². The predicted molar refractivity (Wildman–Crippen MR) is 109 cm³/mol. The van der Waals surface area contributed by atoms with E-state index in [0.29, 0.717) is 29.9 Å². The summed E-state index contributed by atoms with van der Waals surface area (Å²) in [6.07, 6.45) is 2.93. The van der Waals surface area contributed by atoms with Crippen molar-refractivity contribution >= 4 is 27.8 Å². The molecule has 7 nitrogen and oxygen atoms in total. The molecule has 0 radical (unpaired) electrons. The lowest BCUT2D eigenvalue weighted by Gasteiger charge is -2.30. The maximum absolute atomic E-state index is 13.2. The molecule has 8 heteroatoms. The molecule has 0 bridgehead atoms. The van der Waals surface area contributed by atoms with Gasteiger partial charge in [-0.2, -0.15) is 5.26 Å². The number of carbonyl (C=O) groups excluding carboxylic acids is 1. The van der Waals surface area contributed by atoms with Gasteiger partial charge in [-0.05, 0) is 38.0 Å². The Labute approximate surface area is 172 Å². The molecular formula is C22H22FN5O2. The maximum Gasteiger partial charge on any atom is 0.227 e. The molecule has 4 atom stereocenters. The van der Waals surface area contributed by atoms with Crippen LogP contribution >= 0.6 is 0 Å². The fourth-order valence-corrected chi connectivity index (χ4v) is 4.34. The lowest BCUT2D eigenvalue weighted by molar-refractivity contribution is -0.120. The molecule has 154 valence electrons. The van der Waals surface area contributed by atoms with Crippen molar-refractivity contribution in [2.75, 3.05) is 6.61 Å². The van der Waals surface area contributed by atoms with E-state index in [0.717, 1.165) is 29.3 Å². The van der Waals surface area contributed by atoms with Crippen molar-refractivity contribution in [1.82, 2.24) is 19.9 Å². The second-order valence-electron chi connectivity index (χ2n) is 8.20. The Morgan fingerprint density at radius 3 is 2.97 bits per heavy atom. The molecule has 1 aliphatic carbocycles. The number of benzene rings is 1. The van der Waals surface area contributed by atoms with Gasteiger partial charge in [-0.3, -0.25) is 9.78 Å². The fraction of sp³-hybridized carbons (Fsp3) is 0.455. The van der Waals surface area contributed by atoms with Gasteiger partial charge in [-0.25, -0.2) is 9.37 Å². The number of pyridine rings is 1. The Bertz CT molecular complexity index is 1180. The largest absolute Gasteiger partial charge is 0.378 e. The molecule has 1 saturated carbocycles. The average molecular weight is 407 g/mol. The van der Waals surface area contributed by atoms with Crippen LogP contribution in [0.3, 0.4) is 0 Å². The number of fused-ring (bicyclic) bond motifs is 3. The molecule has 1 aromatic carbocycles. The number of imidazole rings is 1. The molecule has 1 amide bonds. The molecule has 0 spiro atoms. The summed E-state index contributed by atoms with van der Waals surface area (Å²) in [5.41, 5.74) is 2.90. The highest BCUT2D eigenvalue weighted by molar-refractivity contribution is 6.03. The third kappa shape index (κ3) is 3.39. The molecule has 30 heavy (non-hydrogen) atoms. The first-order valence-corrected chi connectivity index (χ1v) is 10.3. The van der Waals surface area contributed by atoms with Crippen molar-refractivity contribution in [2.45, 2.75) is 57.0 Å². The number of rotatable bonds is 4. The van der Waals surface area contributed by atoms with E-state index in [1.807, 2.05) is 19.1 Å². The zero-order chi connectivity index (χ0) is 20.8. The van der Waals surface area contributed by atoms with Crippen molar-refractivity contribution in [3.8, 4) is 6.07 Å². The number of halogens is 1. The zero-order valence-corrected chi connectivity index (χ0v) is 16.6. The Hall–Kier alpha value is -3.05.